The fourth-order valence-corrected chi connectivity index (χ4v) is 0.935. The second-order valence-electron chi connectivity index (χ2n) is 2.44. The monoisotopic (exact) mass is 198 g/mol. The van der Waals surface area contributed by atoms with E-state index in [2.05, 4.69) is 4.99 Å². The van der Waals surface area contributed by atoms with Crippen molar-refractivity contribution in [2.24, 2.45) is 10.7 Å². The molecule has 0 fully saturated rings. The van der Waals surface area contributed by atoms with Gasteiger partial charge in [0.2, 0.25) is 0 Å². The van der Waals surface area contributed by atoms with Gasteiger partial charge < -0.3 is 10.5 Å². The van der Waals surface area contributed by atoms with Crippen molar-refractivity contribution in [3.05, 3.63) is 24.3 Å². The van der Waals surface area contributed by atoms with Crippen molar-refractivity contribution in [3.8, 4) is 5.75 Å². The first-order valence-corrected chi connectivity index (χ1v) is 4.32. The van der Waals surface area contributed by atoms with E-state index in [1.165, 1.54) is 0 Å². The highest BCUT2D eigenvalue weighted by atomic mass is 35.5. The lowest BCUT2D eigenvalue weighted by molar-refractivity contribution is 0.415. The third kappa shape index (κ3) is 2.95. The Kier molecular flexibility index (Phi) is 3.58. The van der Waals surface area contributed by atoms with Crippen molar-refractivity contribution < 1.29 is 4.74 Å². The minimum atomic E-state index is 0.233. The van der Waals surface area contributed by atoms with Crippen molar-refractivity contribution in [1.29, 1.82) is 0 Å². The van der Waals surface area contributed by atoms with Gasteiger partial charge in [0, 0.05) is 6.07 Å². The zero-order valence-electron chi connectivity index (χ0n) is 7.33. The van der Waals surface area contributed by atoms with E-state index in [9.17, 15) is 0 Å². The van der Waals surface area contributed by atoms with Gasteiger partial charge in [0.05, 0.1) is 18.7 Å². The first-order chi connectivity index (χ1) is 6.26. The Hall–Kier alpha value is -1.22. The number of hydrogen-bond acceptors (Lipinski definition) is 2. The van der Waals surface area contributed by atoms with Crippen LogP contribution in [0.25, 0.3) is 0 Å². The van der Waals surface area contributed by atoms with Crippen LogP contribution < -0.4 is 10.5 Å². The predicted octanol–water partition coefficient (Wildman–Crippen LogP) is 1.92. The Bertz CT molecular complexity index is 312. The zero-order chi connectivity index (χ0) is 9.68. The highest BCUT2D eigenvalue weighted by Gasteiger charge is 1.94. The molecule has 0 bridgehead atoms. The number of ether oxygens (including phenoxy) is 1. The molecule has 0 amide bonds. The number of rotatable bonds is 3. The van der Waals surface area contributed by atoms with Crippen LogP contribution in [0, 0.1) is 0 Å². The summed E-state index contributed by atoms with van der Waals surface area (Å²) in [6.45, 7) is 0. The molecule has 4 heteroatoms. The molecular weight excluding hydrogens is 188 g/mol. The first kappa shape index (κ1) is 9.86. The number of hydrogen-bond donors (Lipinski definition) is 1. The Labute approximate surface area is 82.2 Å². The van der Waals surface area contributed by atoms with Crippen LogP contribution in [0.3, 0.4) is 0 Å². The van der Waals surface area contributed by atoms with E-state index >= 15 is 0 Å². The summed E-state index contributed by atoms with van der Waals surface area (Å²) in [5.41, 5.74) is 6.22. The molecule has 70 valence electrons. The molecule has 0 aliphatic rings. The molecule has 13 heavy (non-hydrogen) atoms. The minimum absolute atomic E-state index is 0.233. The van der Waals surface area contributed by atoms with E-state index in [1.54, 1.807) is 13.2 Å². The summed E-state index contributed by atoms with van der Waals surface area (Å²) >= 11 is 5.49. The molecule has 0 aliphatic carbocycles. The summed E-state index contributed by atoms with van der Waals surface area (Å²) in [5.74, 6) is 1.38. The number of aliphatic imine (C=N–C) groups is 1. The molecular formula is C9H11ClN2O. The fraction of sp³-hybridized carbons (Fsp3) is 0.222. The van der Waals surface area contributed by atoms with Gasteiger partial charge in [-0.2, -0.15) is 0 Å². The number of alkyl halides is 1. The molecule has 3 nitrogen and oxygen atoms in total. The van der Waals surface area contributed by atoms with Gasteiger partial charge in [0.1, 0.15) is 11.6 Å². The fourth-order valence-electron chi connectivity index (χ4n) is 0.876. The molecule has 1 aromatic carbocycles. The molecule has 1 rings (SSSR count). The standard InChI is InChI=1S/C9H11ClN2O/c1-13-8-4-2-3-7(5-8)12-9(11)6-10/h2-5H,6H2,1H3,(H2,11,12). The molecule has 0 heterocycles. The average Bonchev–Trinajstić information content (AvgIpc) is 2.18. The highest BCUT2D eigenvalue weighted by molar-refractivity contribution is 6.28. The van der Waals surface area contributed by atoms with Crippen LogP contribution in [0.5, 0.6) is 5.75 Å². The third-order valence-corrected chi connectivity index (χ3v) is 1.74. The topological polar surface area (TPSA) is 47.6 Å². The summed E-state index contributed by atoms with van der Waals surface area (Å²) in [6.07, 6.45) is 0. The maximum absolute atomic E-state index is 5.49. The first-order valence-electron chi connectivity index (χ1n) is 3.79. The van der Waals surface area contributed by atoms with E-state index in [4.69, 9.17) is 22.1 Å². The van der Waals surface area contributed by atoms with E-state index in [1.807, 2.05) is 18.2 Å². The summed E-state index contributed by atoms with van der Waals surface area (Å²) in [6, 6.07) is 7.32. The van der Waals surface area contributed by atoms with E-state index in [0.717, 1.165) is 11.4 Å². The molecule has 0 aromatic heterocycles. The van der Waals surface area contributed by atoms with Gasteiger partial charge >= 0.3 is 0 Å². The molecule has 0 unspecified atom stereocenters. The smallest absolute Gasteiger partial charge is 0.121 e. The molecule has 0 radical (unpaired) electrons. The van der Waals surface area contributed by atoms with Gasteiger partial charge in [0.15, 0.2) is 0 Å². The van der Waals surface area contributed by atoms with Gasteiger partial charge in [-0.05, 0) is 12.1 Å². The summed E-state index contributed by atoms with van der Waals surface area (Å²) < 4.78 is 5.03. The van der Waals surface area contributed by atoms with Gasteiger partial charge in [-0.3, -0.25) is 0 Å². The second-order valence-corrected chi connectivity index (χ2v) is 2.71. The predicted molar refractivity (Wildman–Crippen MR) is 55.0 cm³/mol. The summed E-state index contributed by atoms with van der Waals surface area (Å²) in [5, 5.41) is 0. The van der Waals surface area contributed by atoms with Crippen LogP contribution in [0.1, 0.15) is 0 Å². The van der Waals surface area contributed by atoms with E-state index in [-0.39, 0.29) is 5.88 Å². The number of nitrogens with two attached hydrogens (primary N) is 1. The number of halogens is 1. The molecule has 2 N–H and O–H groups in total. The van der Waals surface area contributed by atoms with Gasteiger partial charge in [-0.1, -0.05) is 6.07 Å². The normalized spacial score (nSPS) is 11.4. The quantitative estimate of drug-likeness (QED) is 0.458. The van der Waals surface area contributed by atoms with Crippen LogP contribution in [0.4, 0.5) is 5.69 Å². The number of nitrogens with zero attached hydrogens (tertiary/aromatic N) is 1. The van der Waals surface area contributed by atoms with E-state index in [0.29, 0.717) is 5.84 Å². The van der Waals surface area contributed by atoms with Crippen molar-refractivity contribution in [2.45, 2.75) is 0 Å². The number of benzene rings is 1. The highest BCUT2D eigenvalue weighted by Crippen LogP contribution is 2.19. The maximum atomic E-state index is 5.49. The molecule has 0 aliphatic heterocycles. The lowest BCUT2D eigenvalue weighted by atomic mass is 10.3. The van der Waals surface area contributed by atoms with Crippen LogP contribution in [0.2, 0.25) is 0 Å². The molecule has 0 saturated carbocycles. The summed E-state index contributed by atoms with van der Waals surface area (Å²) in [7, 11) is 1.60. The molecule has 1 aromatic rings. The van der Waals surface area contributed by atoms with Crippen LogP contribution >= 0.6 is 11.6 Å². The van der Waals surface area contributed by atoms with Crippen molar-refractivity contribution >= 4 is 23.1 Å². The Morgan fingerprint density at radius 3 is 3.00 bits per heavy atom. The average molecular weight is 199 g/mol. The Balaban J connectivity index is 2.89. The SMILES string of the molecule is COc1cccc(N=C(N)CCl)c1. The molecule has 0 atom stereocenters. The second kappa shape index (κ2) is 4.72. The lowest BCUT2D eigenvalue weighted by Gasteiger charge is -2.00. The number of methoxy groups -OCH3 is 1. The van der Waals surface area contributed by atoms with Crippen molar-refractivity contribution in [2.75, 3.05) is 13.0 Å². The van der Waals surface area contributed by atoms with E-state index < -0.39 is 0 Å². The van der Waals surface area contributed by atoms with Gasteiger partial charge in [-0.25, -0.2) is 4.99 Å². The summed E-state index contributed by atoms with van der Waals surface area (Å²) in [4.78, 5) is 4.07. The largest absolute Gasteiger partial charge is 0.497 e. The van der Waals surface area contributed by atoms with Gasteiger partial charge in [-0.15, -0.1) is 11.6 Å². The Morgan fingerprint density at radius 2 is 2.38 bits per heavy atom. The minimum Gasteiger partial charge on any atom is -0.497 e. The van der Waals surface area contributed by atoms with Crippen molar-refractivity contribution in [1.82, 2.24) is 0 Å². The Morgan fingerprint density at radius 1 is 1.62 bits per heavy atom. The maximum Gasteiger partial charge on any atom is 0.121 e. The zero-order valence-corrected chi connectivity index (χ0v) is 8.08. The molecule has 0 saturated heterocycles. The third-order valence-electron chi connectivity index (χ3n) is 1.46. The van der Waals surface area contributed by atoms with Crippen LogP contribution in [-0.4, -0.2) is 18.8 Å². The molecule has 0 spiro atoms. The number of amidine groups is 1. The van der Waals surface area contributed by atoms with Crippen LogP contribution in [-0.2, 0) is 0 Å². The van der Waals surface area contributed by atoms with Crippen molar-refractivity contribution in [3.63, 3.8) is 0 Å². The lowest BCUT2D eigenvalue weighted by Crippen LogP contribution is -2.12. The van der Waals surface area contributed by atoms with Crippen LogP contribution in [0.15, 0.2) is 29.3 Å². The van der Waals surface area contributed by atoms with Gasteiger partial charge in [0.25, 0.3) is 0 Å².